The number of hydrogen-bond donors (Lipinski definition) is 1. The number of para-hydroxylation sites is 1. The lowest BCUT2D eigenvalue weighted by molar-refractivity contribution is 0.672. The maximum atomic E-state index is 13.7. The Morgan fingerprint density at radius 1 is 1.00 bits per heavy atom. The number of rotatable bonds is 9. The molecule has 3 heterocycles. The first-order valence-corrected chi connectivity index (χ1v) is 12.9. The van der Waals surface area contributed by atoms with E-state index in [1.54, 1.807) is 4.57 Å². The molecule has 188 valence electrons. The van der Waals surface area contributed by atoms with E-state index in [-0.39, 0.29) is 5.69 Å². The van der Waals surface area contributed by atoms with Gasteiger partial charge in [-0.25, -0.2) is 9.89 Å². The van der Waals surface area contributed by atoms with Crippen molar-refractivity contribution in [3.63, 3.8) is 0 Å². The average molecular weight is 514 g/mol. The molecule has 2 aromatic carbocycles. The van der Waals surface area contributed by atoms with Crippen LogP contribution >= 0.6 is 11.6 Å². The standard InChI is InChI=1S/C28H28ClN7O/c1-3-5-10-21-18-36(26-20(4-2)9-8-13-24(26)29)28(37)35(21)17-19-14-15-25(30-16-19)22-11-6-7-12-23(22)27-31-33-34-32-27/h6-9,11-16,18H,3-5,10,17H2,1-2H3,(H,31,32,33,34). The van der Waals surface area contributed by atoms with Crippen molar-refractivity contribution in [1.29, 1.82) is 0 Å². The molecule has 0 amide bonds. The molecule has 0 atom stereocenters. The van der Waals surface area contributed by atoms with Crippen molar-refractivity contribution in [2.24, 2.45) is 0 Å². The zero-order valence-corrected chi connectivity index (χ0v) is 21.6. The SMILES string of the molecule is CCCCc1cn(-c2c(Cl)cccc2CC)c(=O)n1Cc1ccc(-c2ccccc2-c2nnn[nH]2)nc1. The Morgan fingerprint density at radius 3 is 2.54 bits per heavy atom. The summed E-state index contributed by atoms with van der Waals surface area (Å²) in [5, 5.41) is 14.8. The van der Waals surface area contributed by atoms with Gasteiger partial charge in [0.25, 0.3) is 0 Å². The molecule has 0 bridgehead atoms. The van der Waals surface area contributed by atoms with Gasteiger partial charge in [0.15, 0.2) is 5.82 Å². The third-order valence-electron chi connectivity index (χ3n) is 6.51. The molecule has 5 aromatic rings. The molecule has 37 heavy (non-hydrogen) atoms. The number of aromatic nitrogens is 7. The van der Waals surface area contributed by atoms with E-state index >= 15 is 0 Å². The van der Waals surface area contributed by atoms with Crippen LogP contribution in [0.3, 0.4) is 0 Å². The van der Waals surface area contributed by atoms with Gasteiger partial charge in [-0.15, -0.1) is 5.10 Å². The number of aryl methyl sites for hydroxylation is 2. The zero-order chi connectivity index (χ0) is 25.8. The van der Waals surface area contributed by atoms with Gasteiger partial charge in [0.1, 0.15) is 0 Å². The summed E-state index contributed by atoms with van der Waals surface area (Å²) in [6.07, 6.45) is 7.41. The minimum absolute atomic E-state index is 0.0962. The van der Waals surface area contributed by atoms with Crippen LogP contribution < -0.4 is 5.69 Å². The highest BCUT2D eigenvalue weighted by molar-refractivity contribution is 6.32. The molecule has 0 fully saturated rings. The third kappa shape index (κ3) is 4.97. The Hall–Kier alpha value is -4.04. The maximum Gasteiger partial charge on any atom is 0.333 e. The van der Waals surface area contributed by atoms with E-state index in [0.717, 1.165) is 65.0 Å². The molecular weight excluding hydrogens is 486 g/mol. The van der Waals surface area contributed by atoms with Crippen LogP contribution in [0, 0.1) is 0 Å². The van der Waals surface area contributed by atoms with Crippen molar-refractivity contribution in [2.45, 2.75) is 46.1 Å². The van der Waals surface area contributed by atoms with Crippen LogP contribution in [-0.4, -0.2) is 34.7 Å². The van der Waals surface area contributed by atoms with Crippen molar-refractivity contribution < 1.29 is 0 Å². The summed E-state index contributed by atoms with van der Waals surface area (Å²) >= 11 is 6.57. The van der Waals surface area contributed by atoms with Gasteiger partial charge < -0.3 is 0 Å². The van der Waals surface area contributed by atoms with Gasteiger partial charge >= 0.3 is 5.69 Å². The molecule has 0 saturated carbocycles. The van der Waals surface area contributed by atoms with Crippen LogP contribution in [0.25, 0.3) is 28.3 Å². The third-order valence-corrected chi connectivity index (χ3v) is 6.81. The minimum Gasteiger partial charge on any atom is -0.292 e. The number of pyridine rings is 1. The second-order valence-corrected chi connectivity index (χ2v) is 9.32. The second-order valence-electron chi connectivity index (χ2n) is 8.91. The number of nitrogens with zero attached hydrogens (tertiary/aromatic N) is 6. The largest absolute Gasteiger partial charge is 0.333 e. The summed E-state index contributed by atoms with van der Waals surface area (Å²) in [4.78, 5) is 18.4. The summed E-state index contributed by atoms with van der Waals surface area (Å²) in [5.74, 6) is 0.584. The van der Waals surface area contributed by atoms with Crippen molar-refractivity contribution in [3.05, 3.63) is 99.3 Å². The minimum atomic E-state index is -0.0962. The smallest absolute Gasteiger partial charge is 0.292 e. The van der Waals surface area contributed by atoms with E-state index in [9.17, 15) is 4.79 Å². The molecule has 0 unspecified atom stereocenters. The molecule has 8 nitrogen and oxygen atoms in total. The lowest BCUT2D eigenvalue weighted by Crippen LogP contribution is -2.25. The highest BCUT2D eigenvalue weighted by atomic mass is 35.5. The van der Waals surface area contributed by atoms with E-state index in [2.05, 4.69) is 34.5 Å². The molecule has 0 radical (unpaired) electrons. The van der Waals surface area contributed by atoms with Crippen LogP contribution in [0.2, 0.25) is 5.02 Å². The predicted octanol–water partition coefficient (Wildman–Crippen LogP) is 5.49. The lowest BCUT2D eigenvalue weighted by Gasteiger charge is -2.10. The van der Waals surface area contributed by atoms with Crippen LogP contribution in [0.5, 0.6) is 0 Å². The quantitative estimate of drug-likeness (QED) is 0.281. The molecule has 0 spiro atoms. The molecule has 9 heteroatoms. The molecule has 0 aliphatic carbocycles. The fourth-order valence-corrected chi connectivity index (χ4v) is 4.86. The van der Waals surface area contributed by atoms with Crippen molar-refractivity contribution >= 4 is 11.6 Å². The highest BCUT2D eigenvalue weighted by Crippen LogP contribution is 2.28. The van der Waals surface area contributed by atoms with E-state index in [1.165, 1.54) is 0 Å². The monoisotopic (exact) mass is 513 g/mol. The number of halogens is 1. The lowest BCUT2D eigenvalue weighted by atomic mass is 10.0. The van der Waals surface area contributed by atoms with Gasteiger partial charge in [-0.05, 0) is 52.9 Å². The topological polar surface area (TPSA) is 94.3 Å². The van der Waals surface area contributed by atoms with Gasteiger partial charge in [-0.3, -0.25) is 14.1 Å². The number of tetrazole rings is 1. The molecule has 0 aliphatic heterocycles. The number of benzene rings is 2. The van der Waals surface area contributed by atoms with Crippen LogP contribution in [0.4, 0.5) is 0 Å². The van der Waals surface area contributed by atoms with Gasteiger partial charge in [0.05, 0.1) is 22.9 Å². The summed E-state index contributed by atoms with van der Waals surface area (Å²) in [7, 11) is 0. The van der Waals surface area contributed by atoms with Crippen molar-refractivity contribution in [1.82, 2.24) is 34.7 Å². The molecule has 1 N–H and O–H groups in total. The van der Waals surface area contributed by atoms with Crippen LogP contribution in [-0.2, 0) is 19.4 Å². The number of H-pyrrole nitrogens is 1. The van der Waals surface area contributed by atoms with Crippen molar-refractivity contribution in [2.75, 3.05) is 0 Å². The maximum absolute atomic E-state index is 13.7. The number of hydrogen-bond acceptors (Lipinski definition) is 5. The van der Waals surface area contributed by atoms with Crippen molar-refractivity contribution in [3.8, 4) is 28.3 Å². The number of nitrogens with one attached hydrogen (secondary N) is 1. The van der Waals surface area contributed by atoms with Gasteiger partial charge in [0, 0.05) is 29.2 Å². The first-order valence-electron chi connectivity index (χ1n) is 12.5. The Morgan fingerprint density at radius 2 is 1.84 bits per heavy atom. The van der Waals surface area contributed by atoms with Crippen LogP contribution in [0.15, 0.2) is 71.8 Å². The normalized spacial score (nSPS) is 11.2. The number of unbranched alkanes of at least 4 members (excludes halogenated alkanes) is 1. The van der Waals surface area contributed by atoms with Gasteiger partial charge in [-0.1, -0.05) is 74.3 Å². The Bertz CT molecular complexity index is 1550. The van der Waals surface area contributed by atoms with E-state index < -0.39 is 0 Å². The fraction of sp³-hybridized carbons (Fsp3) is 0.250. The molecule has 5 rings (SSSR count). The Balaban J connectivity index is 1.50. The van der Waals surface area contributed by atoms with E-state index in [1.807, 2.05) is 71.6 Å². The molecular formula is C28H28ClN7O. The highest BCUT2D eigenvalue weighted by Gasteiger charge is 2.17. The van der Waals surface area contributed by atoms with E-state index in [0.29, 0.717) is 17.4 Å². The predicted molar refractivity (Wildman–Crippen MR) is 145 cm³/mol. The molecule has 0 aliphatic rings. The number of aromatic amines is 1. The summed E-state index contributed by atoms with van der Waals surface area (Å²) in [6.45, 7) is 4.65. The second kappa shape index (κ2) is 10.9. The average Bonchev–Trinajstić information content (AvgIpc) is 3.57. The van der Waals surface area contributed by atoms with Gasteiger partial charge in [-0.2, -0.15) is 0 Å². The van der Waals surface area contributed by atoms with E-state index in [4.69, 9.17) is 16.6 Å². The first kappa shape index (κ1) is 24.6. The summed E-state index contributed by atoms with van der Waals surface area (Å²) < 4.78 is 3.54. The Kier molecular flexibility index (Phi) is 7.28. The zero-order valence-electron chi connectivity index (χ0n) is 20.9. The Labute approximate surface area is 220 Å². The first-order chi connectivity index (χ1) is 18.1. The summed E-state index contributed by atoms with van der Waals surface area (Å²) in [5.41, 5.74) is 6.23. The van der Waals surface area contributed by atoms with Gasteiger partial charge in [0.2, 0.25) is 0 Å². The summed E-state index contributed by atoms with van der Waals surface area (Å²) in [6, 6.07) is 17.6. The molecule has 0 saturated heterocycles. The molecule has 3 aromatic heterocycles. The van der Waals surface area contributed by atoms with Crippen LogP contribution in [0.1, 0.15) is 43.5 Å². The number of imidazole rings is 1. The fourth-order valence-electron chi connectivity index (χ4n) is 4.57.